The molecule has 22 heavy (non-hydrogen) atoms. The summed E-state index contributed by atoms with van der Waals surface area (Å²) in [5.74, 6) is 0.383. The summed E-state index contributed by atoms with van der Waals surface area (Å²) in [6.45, 7) is 0. The van der Waals surface area contributed by atoms with Gasteiger partial charge in [0.25, 0.3) is 0 Å². The van der Waals surface area contributed by atoms with Crippen molar-refractivity contribution in [2.24, 2.45) is 5.92 Å². The standard InChI is InChI=1S/C17H20N2O2S/c20-14-8-12(9-14)16(10-13-4-1-2-6-18-13)19-17(21)11-15-5-3-7-22-15/h1-7,12,14,16,20H,8-11H2,(H,19,21)/t12?,14?,16-/m0/s1. The summed E-state index contributed by atoms with van der Waals surface area (Å²) < 4.78 is 0. The lowest BCUT2D eigenvalue weighted by molar-refractivity contribution is -0.122. The van der Waals surface area contributed by atoms with Crippen LogP contribution in [0.15, 0.2) is 41.9 Å². The molecule has 116 valence electrons. The number of aliphatic hydroxyl groups is 1. The van der Waals surface area contributed by atoms with Gasteiger partial charge in [-0.05, 0) is 42.3 Å². The van der Waals surface area contributed by atoms with Crippen molar-refractivity contribution in [2.45, 2.75) is 37.8 Å². The van der Waals surface area contributed by atoms with Crippen LogP contribution in [-0.4, -0.2) is 28.1 Å². The molecule has 2 aromatic heterocycles. The highest BCUT2D eigenvalue weighted by atomic mass is 32.1. The number of aromatic nitrogens is 1. The maximum Gasteiger partial charge on any atom is 0.225 e. The molecule has 0 aromatic carbocycles. The van der Waals surface area contributed by atoms with Gasteiger partial charge in [-0.15, -0.1) is 11.3 Å². The lowest BCUT2D eigenvalue weighted by Gasteiger charge is -2.38. The lowest BCUT2D eigenvalue weighted by atomic mass is 9.76. The van der Waals surface area contributed by atoms with Crippen molar-refractivity contribution in [3.05, 3.63) is 52.5 Å². The van der Waals surface area contributed by atoms with E-state index in [1.807, 2.05) is 35.7 Å². The quantitative estimate of drug-likeness (QED) is 0.859. The molecule has 0 bridgehead atoms. The normalized spacial score (nSPS) is 21.9. The number of nitrogens with zero attached hydrogens (tertiary/aromatic N) is 1. The molecule has 0 radical (unpaired) electrons. The van der Waals surface area contributed by atoms with E-state index in [1.54, 1.807) is 17.5 Å². The number of carbonyl (C=O) groups is 1. The number of hydrogen-bond acceptors (Lipinski definition) is 4. The van der Waals surface area contributed by atoms with Gasteiger partial charge in [-0.2, -0.15) is 0 Å². The third-order valence-corrected chi connectivity index (χ3v) is 5.01. The maximum absolute atomic E-state index is 12.2. The molecule has 2 heterocycles. The van der Waals surface area contributed by atoms with Crippen molar-refractivity contribution in [1.29, 1.82) is 0 Å². The van der Waals surface area contributed by atoms with Gasteiger partial charge in [0.05, 0.1) is 12.5 Å². The average molecular weight is 316 g/mol. The van der Waals surface area contributed by atoms with Crippen LogP contribution in [0.2, 0.25) is 0 Å². The summed E-state index contributed by atoms with van der Waals surface area (Å²) in [6.07, 6.45) is 4.22. The third kappa shape index (κ3) is 3.93. The molecular weight excluding hydrogens is 296 g/mol. The van der Waals surface area contributed by atoms with E-state index in [4.69, 9.17) is 0 Å². The molecular formula is C17H20N2O2S. The van der Waals surface area contributed by atoms with Crippen molar-refractivity contribution >= 4 is 17.2 Å². The van der Waals surface area contributed by atoms with E-state index in [9.17, 15) is 9.90 Å². The zero-order valence-electron chi connectivity index (χ0n) is 12.3. The van der Waals surface area contributed by atoms with Gasteiger partial charge >= 0.3 is 0 Å². The van der Waals surface area contributed by atoms with Gasteiger partial charge in [0.2, 0.25) is 5.91 Å². The molecule has 0 saturated heterocycles. The van der Waals surface area contributed by atoms with E-state index in [-0.39, 0.29) is 18.1 Å². The Morgan fingerprint density at radius 3 is 2.86 bits per heavy atom. The largest absolute Gasteiger partial charge is 0.393 e. The van der Waals surface area contributed by atoms with Crippen molar-refractivity contribution in [3.8, 4) is 0 Å². The Morgan fingerprint density at radius 1 is 1.36 bits per heavy atom. The molecule has 2 N–H and O–H groups in total. The molecule has 1 aliphatic rings. The third-order valence-electron chi connectivity index (χ3n) is 4.14. The van der Waals surface area contributed by atoms with Crippen LogP contribution in [0.4, 0.5) is 0 Å². The first-order valence-corrected chi connectivity index (χ1v) is 8.48. The van der Waals surface area contributed by atoms with Crippen molar-refractivity contribution < 1.29 is 9.90 Å². The van der Waals surface area contributed by atoms with Crippen molar-refractivity contribution in [3.63, 3.8) is 0 Å². The fraction of sp³-hybridized carbons (Fsp3) is 0.412. The van der Waals surface area contributed by atoms with Gasteiger partial charge in [-0.25, -0.2) is 0 Å². The highest BCUT2D eigenvalue weighted by Gasteiger charge is 2.34. The molecule has 5 heteroatoms. The van der Waals surface area contributed by atoms with Gasteiger partial charge in [0.1, 0.15) is 0 Å². The van der Waals surface area contributed by atoms with E-state index < -0.39 is 0 Å². The van der Waals surface area contributed by atoms with Crippen molar-refractivity contribution in [2.75, 3.05) is 0 Å². The second-order valence-electron chi connectivity index (χ2n) is 5.84. The summed E-state index contributed by atoms with van der Waals surface area (Å²) in [5.41, 5.74) is 0.977. The molecule has 2 aromatic rings. The number of nitrogens with one attached hydrogen (secondary N) is 1. The minimum atomic E-state index is -0.217. The molecule has 1 aliphatic carbocycles. The zero-order valence-corrected chi connectivity index (χ0v) is 13.1. The predicted octanol–water partition coefficient (Wildman–Crippen LogP) is 2.18. The van der Waals surface area contributed by atoms with Crippen LogP contribution < -0.4 is 5.32 Å². The summed E-state index contributed by atoms with van der Waals surface area (Å²) in [7, 11) is 0. The van der Waals surface area contributed by atoms with Gasteiger partial charge in [-0.1, -0.05) is 12.1 Å². The average Bonchev–Trinajstić information content (AvgIpc) is 2.97. The fourth-order valence-corrected chi connectivity index (χ4v) is 3.57. The van der Waals surface area contributed by atoms with Crippen LogP contribution in [0.5, 0.6) is 0 Å². The number of pyridine rings is 1. The molecule has 0 aliphatic heterocycles. The minimum absolute atomic E-state index is 0.0461. The molecule has 1 fully saturated rings. The number of hydrogen-bond donors (Lipinski definition) is 2. The number of rotatable bonds is 6. The molecule has 1 atom stereocenters. The number of carbonyl (C=O) groups excluding carboxylic acids is 1. The Labute approximate surface area is 134 Å². The van der Waals surface area contributed by atoms with Crippen molar-refractivity contribution in [1.82, 2.24) is 10.3 Å². The minimum Gasteiger partial charge on any atom is -0.393 e. The SMILES string of the molecule is O=C(Cc1cccs1)N[C@@H](Cc1ccccn1)C1CC(O)C1. The molecule has 4 nitrogen and oxygen atoms in total. The van der Waals surface area contributed by atoms with E-state index in [0.29, 0.717) is 18.8 Å². The summed E-state index contributed by atoms with van der Waals surface area (Å²) in [6, 6.07) is 9.81. The zero-order chi connectivity index (χ0) is 15.4. The highest BCUT2D eigenvalue weighted by molar-refractivity contribution is 7.10. The first-order chi connectivity index (χ1) is 10.7. The van der Waals surface area contributed by atoms with Gasteiger partial charge < -0.3 is 10.4 Å². The molecule has 3 rings (SSSR count). The Morgan fingerprint density at radius 2 is 2.23 bits per heavy atom. The maximum atomic E-state index is 12.2. The highest BCUT2D eigenvalue weighted by Crippen LogP contribution is 2.31. The molecule has 1 saturated carbocycles. The fourth-order valence-electron chi connectivity index (χ4n) is 2.87. The monoisotopic (exact) mass is 316 g/mol. The summed E-state index contributed by atoms with van der Waals surface area (Å²) in [4.78, 5) is 17.7. The first-order valence-electron chi connectivity index (χ1n) is 7.60. The summed E-state index contributed by atoms with van der Waals surface area (Å²) >= 11 is 1.60. The molecule has 0 unspecified atom stereocenters. The smallest absolute Gasteiger partial charge is 0.225 e. The van der Waals surface area contributed by atoms with E-state index in [2.05, 4.69) is 10.3 Å². The second kappa shape index (κ2) is 7.03. The summed E-state index contributed by atoms with van der Waals surface area (Å²) in [5, 5.41) is 14.7. The van der Waals surface area contributed by atoms with E-state index in [1.165, 1.54) is 0 Å². The number of thiophene rings is 1. The van der Waals surface area contributed by atoms with Gasteiger partial charge in [0.15, 0.2) is 0 Å². The van der Waals surface area contributed by atoms with E-state index >= 15 is 0 Å². The Hall–Kier alpha value is -1.72. The van der Waals surface area contributed by atoms with Crippen LogP contribution in [0.3, 0.4) is 0 Å². The first kappa shape index (κ1) is 15.2. The lowest BCUT2D eigenvalue weighted by Crippen LogP contribution is -2.48. The Bertz CT molecular complexity index is 594. The van der Waals surface area contributed by atoms with Crippen LogP contribution in [0.1, 0.15) is 23.4 Å². The number of aliphatic hydroxyl groups excluding tert-OH is 1. The van der Waals surface area contributed by atoms with E-state index in [0.717, 1.165) is 23.4 Å². The van der Waals surface area contributed by atoms with Gasteiger partial charge in [0, 0.05) is 29.2 Å². The van der Waals surface area contributed by atoms with Gasteiger partial charge in [-0.3, -0.25) is 9.78 Å². The van der Waals surface area contributed by atoms with Crippen LogP contribution in [-0.2, 0) is 17.6 Å². The Balaban J connectivity index is 1.62. The predicted molar refractivity (Wildman–Crippen MR) is 86.6 cm³/mol. The number of amides is 1. The Kier molecular flexibility index (Phi) is 4.85. The second-order valence-corrected chi connectivity index (χ2v) is 6.87. The topological polar surface area (TPSA) is 62.2 Å². The molecule has 1 amide bonds. The van der Waals surface area contributed by atoms with Crippen LogP contribution >= 0.6 is 11.3 Å². The van der Waals surface area contributed by atoms with Crippen LogP contribution in [0.25, 0.3) is 0 Å². The molecule has 0 spiro atoms. The van der Waals surface area contributed by atoms with Crippen LogP contribution in [0, 0.1) is 5.92 Å².